The van der Waals surface area contributed by atoms with E-state index in [-0.39, 0.29) is 5.92 Å². The highest BCUT2D eigenvalue weighted by Crippen LogP contribution is 2.34. The maximum absolute atomic E-state index is 11.3. The Morgan fingerprint density at radius 1 is 1.44 bits per heavy atom. The molecule has 1 heterocycles. The van der Waals surface area contributed by atoms with E-state index >= 15 is 0 Å². The van der Waals surface area contributed by atoms with Crippen molar-refractivity contribution < 1.29 is 14.6 Å². The van der Waals surface area contributed by atoms with Crippen LogP contribution in [0.2, 0.25) is 0 Å². The van der Waals surface area contributed by atoms with Crippen LogP contribution in [0.4, 0.5) is 0 Å². The molecule has 1 aliphatic rings. The fourth-order valence-corrected chi connectivity index (χ4v) is 2.46. The fraction of sp³-hybridized carbons (Fsp3) is 0.929. The molecule has 1 fully saturated rings. The average molecular weight is 257 g/mol. The Kier molecular flexibility index (Phi) is 6.09. The van der Waals surface area contributed by atoms with Gasteiger partial charge in [-0.2, -0.15) is 0 Å². The standard InChI is InChI=1S/C14H27NO3/c1-4-9-18-10-8-15-7-5-6-12(11-15)14(2,3)13(16)17/h12H,4-11H2,1-3H3,(H,16,17). The Hall–Kier alpha value is -0.610. The molecule has 1 rings (SSSR count). The lowest BCUT2D eigenvalue weighted by Crippen LogP contribution is -2.45. The minimum Gasteiger partial charge on any atom is -0.481 e. The maximum atomic E-state index is 11.3. The Labute approximate surface area is 110 Å². The number of hydrogen-bond donors (Lipinski definition) is 1. The first-order valence-electron chi connectivity index (χ1n) is 7.02. The van der Waals surface area contributed by atoms with Crippen molar-refractivity contribution in [3.8, 4) is 0 Å². The minimum atomic E-state index is -0.684. The molecule has 4 heteroatoms. The Balaban J connectivity index is 2.39. The highest BCUT2D eigenvalue weighted by molar-refractivity contribution is 5.74. The van der Waals surface area contributed by atoms with E-state index in [0.29, 0.717) is 0 Å². The van der Waals surface area contributed by atoms with Gasteiger partial charge < -0.3 is 14.7 Å². The average Bonchev–Trinajstić information content (AvgIpc) is 2.35. The summed E-state index contributed by atoms with van der Waals surface area (Å²) in [5.41, 5.74) is -0.622. The summed E-state index contributed by atoms with van der Waals surface area (Å²) in [5.74, 6) is -0.438. The lowest BCUT2D eigenvalue weighted by atomic mass is 9.74. The van der Waals surface area contributed by atoms with Gasteiger partial charge in [0.1, 0.15) is 0 Å². The van der Waals surface area contributed by atoms with Gasteiger partial charge in [-0.05, 0) is 45.6 Å². The zero-order valence-corrected chi connectivity index (χ0v) is 11.9. The molecule has 18 heavy (non-hydrogen) atoms. The molecule has 0 aromatic rings. The third-order valence-corrected chi connectivity index (χ3v) is 3.98. The van der Waals surface area contributed by atoms with Crippen molar-refractivity contribution in [2.24, 2.45) is 11.3 Å². The molecule has 0 spiro atoms. The number of ether oxygens (including phenoxy) is 1. The molecule has 1 saturated heterocycles. The van der Waals surface area contributed by atoms with E-state index in [1.165, 1.54) is 0 Å². The second-order valence-electron chi connectivity index (χ2n) is 5.78. The first kappa shape index (κ1) is 15.4. The summed E-state index contributed by atoms with van der Waals surface area (Å²) in [4.78, 5) is 13.6. The summed E-state index contributed by atoms with van der Waals surface area (Å²) in [7, 11) is 0. The number of rotatable bonds is 7. The van der Waals surface area contributed by atoms with Gasteiger partial charge in [0.05, 0.1) is 12.0 Å². The first-order chi connectivity index (χ1) is 8.48. The van der Waals surface area contributed by atoms with Gasteiger partial charge in [0.2, 0.25) is 0 Å². The monoisotopic (exact) mass is 257 g/mol. The Bertz CT molecular complexity index is 266. The molecule has 1 aliphatic heterocycles. The molecule has 106 valence electrons. The molecule has 0 radical (unpaired) electrons. The number of piperidine rings is 1. The van der Waals surface area contributed by atoms with E-state index in [9.17, 15) is 9.90 Å². The molecule has 4 nitrogen and oxygen atoms in total. The normalized spacial score (nSPS) is 22.1. The molecule has 0 bridgehead atoms. The summed E-state index contributed by atoms with van der Waals surface area (Å²) in [6, 6.07) is 0. The summed E-state index contributed by atoms with van der Waals surface area (Å²) in [6.45, 7) is 10.2. The molecule has 0 saturated carbocycles. The van der Waals surface area contributed by atoms with Gasteiger partial charge in [-0.1, -0.05) is 6.92 Å². The van der Waals surface area contributed by atoms with E-state index in [1.54, 1.807) is 0 Å². The van der Waals surface area contributed by atoms with Crippen LogP contribution in [0.1, 0.15) is 40.0 Å². The third kappa shape index (κ3) is 4.25. The van der Waals surface area contributed by atoms with Gasteiger partial charge in [0.15, 0.2) is 0 Å². The quantitative estimate of drug-likeness (QED) is 0.711. The van der Waals surface area contributed by atoms with Crippen molar-refractivity contribution in [3.05, 3.63) is 0 Å². The number of carboxylic acids is 1. The maximum Gasteiger partial charge on any atom is 0.309 e. The third-order valence-electron chi connectivity index (χ3n) is 3.98. The van der Waals surface area contributed by atoms with E-state index in [1.807, 2.05) is 13.8 Å². The molecular weight excluding hydrogens is 230 g/mol. The van der Waals surface area contributed by atoms with Crippen LogP contribution in [0.15, 0.2) is 0 Å². The smallest absolute Gasteiger partial charge is 0.309 e. The second kappa shape index (κ2) is 7.10. The van der Waals surface area contributed by atoms with Gasteiger partial charge in [0, 0.05) is 19.7 Å². The Morgan fingerprint density at radius 3 is 2.78 bits per heavy atom. The second-order valence-corrected chi connectivity index (χ2v) is 5.78. The molecule has 0 amide bonds. The van der Waals surface area contributed by atoms with E-state index in [0.717, 1.165) is 52.1 Å². The number of carboxylic acid groups (broad SMARTS) is 1. The van der Waals surface area contributed by atoms with Crippen molar-refractivity contribution in [3.63, 3.8) is 0 Å². The van der Waals surface area contributed by atoms with Crippen molar-refractivity contribution in [1.82, 2.24) is 4.90 Å². The molecular formula is C14H27NO3. The summed E-state index contributed by atoms with van der Waals surface area (Å²) < 4.78 is 5.50. The summed E-state index contributed by atoms with van der Waals surface area (Å²) in [6.07, 6.45) is 3.16. The van der Waals surface area contributed by atoms with Crippen molar-refractivity contribution >= 4 is 5.97 Å². The van der Waals surface area contributed by atoms with Crippen LogP contribution in [0.5, 0.6) is 0 Å². The molecule has 1 atom stereocenters. The number of hydrogen-bond acceptors (Lipinski definition) is 3. The fourth-order valence-electron chi connectivity index (χ4n) is 2.46. The SMILES string of the molecule is CCCOCCN1CCCC(C(C)(C)C(=O)O)C1. The van der Waals surface area contributed by atoms with E-state index in [2.05, 4.69) is 11.8 Å². The van der Waals surface area contributed by atoms with Crippen LogP contribution >= 0.6 is 0 Å². The zero-order chi connectivity index (χ0) is 13.6. The minimum absolute atomic E-state index is 0.245. The van der Waals surface area contributed by atoms with Crippen LogP contribution < -0.4 is 0 Å². The van der Waals surface area contributed by atoms with Crippen LogP contribution in [-0.2, 0) is 9.53 Å². The van der Waals surface area contributed by atoms with Gasteiger partial charge in [0.25, 0.3) is 0 Å². The number of aliphatic carboxylic acids is 1. The van der Waals surface area contributed by atoms with Crippen LogP contribution in [0, 0.1) is 11.3 Å². The predicted octanol–water partition coefficient (Wildman–Crippen LogP) is 2.24. The number of carbonyl (C=O) groups is 1. The molecule has 0 aromatic carbocycles. The van der Waals surface area contributed by atoms with Crippen LogP contribution in [0.25, 0.3) is 0 Å². The summed E-state index contributed by atoms with van der Waals surface area (Å²) in [5, 5.41) is 9.28. The molecule has 0 aromatic heterocycles. The molecule has 1 unspecified atom stereocenters. The lowest BCUT2D eigenvalue weighted by Gasteiger charge is -2.39. The van der Waals surface area contributed by atoms with E-state index in [4.69, 9.17) is 4.74 Å². The van der Waals surface area contributed by atoms with Gasteiger partial charge in [-0.25, -0.2) is 0 Å². The van der Waals surface area contributed by atoms with Crippen LogP contribution in [-0.4, -0.2) is 48.8 Å². The molecule has 0 aliphatic carbocycles. The van der Waals surface area contributed by atoms with Gasteiger partial charge >= 0.3 is 5.97 Å². The van der Waals surface area contributed by atoms with Gasteiger partial charge in [-0.3, -0.25) is 4.79 Å². The first-order valence-corrected chi connectivity index (χ1v) is 7.02. The largest absolute Gasteiger partial charge is 0.481 e. The van der Waals surface area contributed by atoms with E-state index < -0.39 is 11.4 Å². The highest BCUT2D eigenvalue weighted by Gasteiger charge is 2.38. The number of likely N-dealkylation sites (tertiary alicyclic amines) is 1. The van der Waals surface area contributed by atoms with Crippen molar-refractivity contribution in [1.29, 1.82) is 0 Å². The zero-order valence-electron chi connectivity index (χ0n) is 11.9. The number of nitrogens with zero attached hydrogens (tertiary/aromatic N) is 1. The molecule has 1 N–H and O–H groups in total. The van der Waals surface area contributed by atoms with Gasteiger partial charge in [-0.15, -0.1) is 0 Å². The Morgan fingerprint density at radius 2 is 2.17 bits per heavy atom. The predicted molar refractivity (Wildman–Crippen MR) is 71.7 cm³/mol. The summed E-state index contributed by atoms with van der Waals surface area (Å²) >= 11 is 0. The van der Waals surface area contributed by atoms with Crippen LogP contribution in [0.3, 0.4) is 0 Å². The van der Waals surface area contributed by atoms with Crippen molar-refractivity contribution in [2.45, 2.75) is 40.0 Å². The van der Waals surface area contributed by atoms with Crippen molar-refractivity contribution in [2.75, 3.05) is 32.8 Å². The topological polar surface area (TPSA) is 49.8 Å². The lowest BCUT2D eigenvalue weighted by molar-refractivity contribution is -0.151. The highest BCUT2D eigenvalue weighted by atomic mass is 16.5.